The molecule has 33 heavy (non-hydrogen) atoms. The molecule has 0 bridgehead atoms. The van der Waals surface area contributed by atoms with Gasteiger partial charge in [0.15, 0.2) is 0 Å². The van der Waals surface area contributed by atoms with Gasteiger partial charge in [-0.1, -0.05) is 41.4 Å². The molecular weight excluding hydrogens is 465 g/mol. The standard InChI is InChI=1S/C25H19Cl2NO5/c1-2-33-18-10-11-20(27)19(13-18)23(30)21-22(14-6-8-17(29)9-7-14)28(25(32)24(21)31)16-5-3-4-15(26)12-16/h3-13,22,29-30H,2H2,1H3/b23-21+. The Morgan fingerprint density at radius 2 is 1.76 bits per heavy atom. The van der Waals surface area contributed by atoms with E-state index in [1.54, 1.807) is 48.5 Å². The van der Waals surface area contributed by atoms with E-state index in [1.807, 2.05) is 6.92 Å². The van der Waals surface area contributed by atoms with Gasteiger partial charge in [-0.3, -0.25) is 14.5 Å². The first-order valence-electron chi connectivity index (χ1n) is 10.1. The quantitative estimate of drug-likeness (QED) is 0.275. The molecular formula is C25H19Cl2NO5. The summed E-state index contributed by atoms with van der Waals surface area (Å²) in [6.45, 7) is 2.21. The van der Waals surface area contributed by atoms with Gasteiger partial charge in [-0.15, -0.1) is 0 Å². The molecule has 8 heteroatoms. The number of ketones is 1. The van der Waals surface area contributed by atoms with Crippen molar-refractivity contribution in [2.45, 2.75) is 13.0 Å². The van der Waals surface area contributed by atoms with Crippen LogP contribution < -0.4 is 9.64 Å². The van der Waals surface area contributed by atoms with Crippen LogP contribution >= 0.6 is 23.2 Å². The number of ether oxygens (including phenoxy) is 1. The van der Waals surface area contributed by atoms with Crippen LogP contribution in [0.1, 0.15) is 24.1 Å². The lowest BCUT2D eigenvalue weighted by atomic mass is 9.95. The second kappa shape index (κ2) is 9.17. The number of carbonyl (C=O) groups excluding carboxylic acids is 2. The zero-order valence-electron chi connectivity index (χ0n) is 17.5. The zero-order chi connectivity index (χ0) is 23.7. The molecule has 4 rings (SSSR count). The number of hydrogen-bond donors (Lipinski definition) is 2. The maximum atomic E-state index is 13.2. The maximum absolute atomic E-state index is 13.2. The van der Waals surface area contributed by atoms with E-state index in [0.29, 0.717) is 28.6 Å². The number of benzene rings is 3. The van der Waals surface area contributed by atoms with E-state index in [2.05, 4.69) is 0 Å². The van der Waals surface area contributed by atoms with Gasteiger partial charge in [0.25, 0.3) is 11.7 Å². The number of hydrogen-bond acceptors (Lipinski definition) is 5. The third kappa shape index (κ3) is 4.27. The number of amides is 1. The highest BCUT2D eigenvalue weighted by molar-refractivity contribution is 6.52. The molecule has 1 unspecified atom stereocenters. The molecule has 1 aliphatic heterocycles. The average molecular weight is 484 g/mol. The number of halogens is 2. The highest BCUT2D eigenvalue weighted by Crippen LogP contribution is 2.44. The van der Waals surface area contributed by atoms with E-state index in [0.717, 1.165) is 0 Å². The van der Waals surface area contributed by atoms with Crippen LogP contribution in [-0.2, 0) is 9.59 Å². The zero-order valence-corrected chi connectivity index (χ0v) is 19.0. The van der Waals surface area contributed by atoms with Crippen molar-refractivity contribution < 1.29 is 24.5 Å². The van der Waals surface area contributed by atoms with Gasteiger partial charge in [0.1, 0.15) is 17.3 Å². The van der Waals surface area contributed by atoms with Crippen molar-refractivity contribution in [1.82, 2.24) is 0 Å². The summed E-state index contributed by atoms with van der Waals surface area (Å²) < 4.78 is 5.49. The van der Waals surface area contributed by atoms with Crippen LogP contribution in [-0.4, -0.2) is 28.5 Å². The molecule has 0 radical (unpaired) electrons. The molecule has 0 aliphatic carbocycles. The number of rotatable bonds is 5. The summed E-state index contributed by atoms with van der Waals surface area (Å²) in [5, 5.41) is 21.6. The Kier molecular flexibility index (Phi) is 6.31. The highest BCUT2D eigenvalue weighted by Gasteiger charge is 2.47. The van der Waals surface area contributed by atoms with Gasteiger partial charge in [0.05, 0.1) is 23.2 Å². The van der Waals surface area contributed by atoms with Crippen molar-refractivity contribution in [2.24, 2.45) is 0 Å². The van der Waals surface area contributed by atoms with Crippen LogP contribution in [0.15, 0.2) is 72.3 Å². The number of phenolic OH excluding ortho intramolecular Hbond substituents is 1. The first-order chi connectivity index (χ1) is 15.8. The number of nitrogens with zero attached hydrogens (tertiary/aromatic N) is 1. The van der Waals surface area contributed by atoms with Gasteiger partial charge in [-0.2, -0.15) is 0 Å². The molecule has 1 amide bonds. The number of aliphatic hydroxyl groups is 1. The number of phenols is 1. The normalized spacial score (nSPS) is 17.4. The lowest BCUT2D eigenvalue weighted by molar-refractivity contribution is -0.132. The van der Waals surface area contributed by atoms with Gasteiger partial charge in [0.2, 0.25) is 0 Å². The average Bonchev–Trinajstić information content (AvgIpc) is 3.06. The summed E-state index contributed by atoms with van der Waals surface area (Å²) in [4.78, 5) is 27.6. The summed E-state index contributed by atoms with van der Waals surface area (Å²) in [6, 6.07) is 16.3. The summed E-state index contributed by atoms with van der Waals surface area (Å²) in [7, 11) is 0. The molecule has 1 heterocycles. The summed E-state index contributed by atoms with van der Waals surface area (Å²) in [6.07, 6.45) is 0. The highest BCUT2D eigenvalue weighted by atomic mass is 35.5. The monoisotopic (exact) mass is 483 g/mol. The predicted molar refractivity (Wildman–Crippen MR) is 127 cm³/mol. The van der Waals surface area contributed by atoms with Crippen molar-refractivity contribution in [2.75, 3.05) is 11.5 Å². The maximum Gasteiger partial charge on any atom is 0.300 e. The van der Waals surface area contributed by atoms with Gasteiger partial charge in [-0.25, -0.2) is 0 Å². The van der Waals surface area contributed by atoms with Gasteiger partial charge in [-0.05, 0) is 61.0 Å². The first-order valence-corrected chi connectivity index (χ1v) is 10.9. The molecule has 1 fully saturated rings. The minimum absolute atomic E-state index is 0.0194. The minimum Gasteiger partial charge on any atom is -0.508 e. The second-order valence-corrected chi connectivity index (χ2v) is 8.16. The van der Waals surface area contributed by atoms with Crippen LogP contribution in [0.4, 0.5) is 5.69 Å². The van der Waals surface area contributed by atoms with Crippen LogP contribution in [0.3, 0.4) is 0 Å². The number of anilines is 1. The molecule has 1 atom stereocenters. The molecule has 2 N–H and O–H groups in total. The van der Waals surface area contributed by atoms with E-state index >= 15 is 0 Å². The van der Waals surface area contributed by atoms with Crippen LogP contribution in [0.5, 0.6) is 11.5 Å². The van der Waals surface area contributed by atoms with Gasteiger partial charge >= 0.3 is 0 Å². The Morgan fingerprint density at radius 3 is 2.42 bits per heavy atom. The smallest absolute Gasteiger partial charge is 0.300 e. The van der Waals surface area contributed by atoms with E-state index in [9.17, 15) is 19.8 Å². The molecule has 1 aliphatic rings. The van der Waals surface area contributed by atoms with E-state index in [-0.39, 0.29) is 21.9 Å². The van der Waals surface area contributed by atoms with Crippen molar-refractivity contribution in [1.29, 1.82) is 0 Å². The predicted octanol–water partition coefficient (Wildman–Crippen LogP) is 5.72. The summed E-state index contributed by atoms with van der Waals surface area (Å²) in [5.41, 5.74) is 0.915. The molecule has 0 saturated carbocycles. The Morgan fingerprint density at radius 1 is 1.03 bits per heavy atom. The SMILES string of the molecule is CCOc1ccc(Cl)c(/C(O)=C2\C(=O)C(=O)N(c3cccc(Cl)c3)C2c2ccc(O)cc2)c1. The third-order valence-corrected chi connectivity index (χ3v) is 5.81. The molecule has 168 valence electrons. The minimum atomic E-state index is -0.976. The third-order valence-electron chi connectivity index (χ3n) is 5.24. The number of aromatic hydroxyl groups is 1. The lowest BCUT2D eigenvalue weighted by Crippen LogP contribution is -2.29. The van der Waals surface area contributed by atoms with Crippen LogP contribution in [0.2, 0.25) is 10.0 Å². The largest absolute Gasteiger partial charge is 0.508 e. The topological polar surface area (TPSA) is 87.1 Å². The number of carbonyl (C=O) groups is 2. The number of aliphatic hydroxyl groups excluding tert-OH is 1. The molecule has 0 spiro atoms. The Labute approximate surface area is 200 Å². The fraction of sp³-hybridized carbons (Fsp3) is 0.120. The summed E-state index contributed by atoms with van der Waals surface area (Å²) in [5.74, 6) is -1.65. The van der Waals surface area contributed by atoms with Crippen molar-refractivity contribution >= 4 is 46.3 Å². The molecule has 3 aromatic rings. The molecule has 1 saturated heterocycles. The van der Waals surface area contributed by atoms with Crippen LogP contribution in [0.25, 0.3) is 5.76 Å². The fourth-order valence-corrected chi connectivity index (χ4v) is 4.18. The summed E-state index contributed by atoms with van der Waals surface area (Å²) >= 11 is 12.5. The fourth-order valence-electron chi connectivity index (χ4n) is 3.78. The van der Waals surface area contributed by atoms with Crippen molar-refractivity contribution in [3.63, 3.8) is 0 Å². The first kappa shape index (κ1) is 22.7. The second-order valence-electron chi connectivity index (χ2n) is 7.32. The lowest BCUT2D eigenvalue weighted by Gasteiger charge is -2.25. The van der Waals surface area contributed by atoms with Gasteiger partial charge in [0, 0.05) is 16.3 Å². The van der Waals surface area contributed by atoms with Crippen LogP contribution in [0, 0.1) is 0 Å². The Bertz CT molecular complexity index is 1270. The van der Waals surface area contributed by atoms with Gasteiger partial charge < -0.3 is 14.9 Å². The van der Waals surface area contributed by atoms with Crippen molar-refractivity contribution in [3.8, 4) is 11.5 Å². The van der Waals surface area contributed by atoms with E-state index in [4.69, 9.17) is 27.9 Å². The Hall–Kier alpha value is -3.48. The molecule has 6 nitrogen and oxygen atoms in total. The number of Topliss-reactive ketones (excluding diaryl/α,β-unsaturated/α-hetero) is 1. The van der Waals surface area contributed by atoms with E-state index in [1.165, 1.54) is 23.1 Å². The molecule has 3 aromatic carbocycles. The van der Waals surface area contributed by atoms with Crippen molar-refractivity contribution in [3.05, 3.63) is 93.5 Å². The van der Waals surface area contributed by atoms with E-state index < -0.39 is 23.5 Å². The molecule has 0 aromatic heterocycles. The Balaban J connectivity index is 1.96.